The molecule has 0 radical (unpaired) electrons. The van der Waals surface area contributed by atoms with E-state index in [1.165, 1.54) is 0 Å². The van der Waals surface area contributed by atoms with Gasteiger partial charge in [-0.2, -0.15) is 0 Å². The summed E-state index contributed by atoms with van der Waals surface area (Å²) in [6, 6.07) is 0.749. The molecule has 2 nitrogen and oxygen atoms in total. The Morgan fingerprint density at radius 2 is 2.08 bits per heavy atom. The zero-order valence-corrected chi connectivity index (χ0v) is 6.23. The maximum atomic E-state index is 12.9. The third-order valence-electron chi connectivity index (χ3n) is 1.93. The first-order chi connectivity index (χ1) is 5.70. The molecule has 0 bridgehead atoms. The van der Waals surface area contributed by atoms with Crippen LogP contribution in [0, 0.1) is 11.6 Å². The van der Waals surface area contributed by atoms with Gasteiger partial charge in [-0.15, -0.1) is 0 Å². The molecule has 64 valence electrons. The zero-order valence-electron chi connectivity index (χ0n) is 6.23. The van der Waals surface area contributed by atoms with Gasteiger partial charge in [0.25, 0.3) is 0 Å². The van der Waals surface area contributed by atoms with Crippen molar-refractivity contribution in [2.24, 2.45) is 0 Å². The molecule has 1 heterocycles. The predicted octanol–water partition coefficient (Wildman–Crippen LogP) is 1.48. The van der Waals surface area contributed by atoms with Crippen LogP contribution in [-0.4, -0.2) is 6.61 Å². The van der Waals surface area contributed by atoms with Gasteiger partial charge in [0.15, 0.2) is 11.6 Å². The number of rotatable bonds is 0. The van der Waals surface area contributed by atoms with E-state index in [1.807, 2.05) is 0 Å². The summed E-state index contributed by atoms with van der Waals surface area (Å²) in [4.78, 5) is 0. The SMILES string of the molecule is Nc1c(F)cc(F)c2c1CCO2. The van der Waals surface area contributed by atoms with Crippen molar-refractivity contribution in [2.75, 3.05) is 12.3 Å². The number of nitrogens with two attached hydrogens (primary N) is 1. The van der Waals surface area contributed by atoms with Crippen LogP contribution in [0.3, 0.4) is 0 Å². The largest absolute Gasteiger partial charge is 0.490 e. The molecule has 2 rings (SSSR count). The smallest absolute Gasteiger partial charge is 0.168 e. The van der Waals surface area contributed by atoms with Crippen LogP contribution in [0.4, 0.5) is 14.5 Å². The van der Waals surface area contributed by atoms with E-state index in [1.54, 1.807) is 0 Å². The van der Waals surface area contributed by atoms with E-state index in [-0.39, 0.29) is 11.4 Å². The third-order valence-corrected chi connectivity index (χ3v) is 1.93. The van der Waals surface area contributed by atoms with Crippen LogP contribution in [0.15, 0.2) is 6.07 Å². The second-order valence-corrected chi connectivity index (χ2v) is 2.66. The lowest BCUT2D eigenvalue weighted by Gasteiger charge is -2.04. The van der Waals surface area contributed by atoms with Gasteiger partial charge in [-0.3, -0.25) is 0 Å². The van der Waals surface area contributed by atoms with Gasteiger partial charge in [-0.05, 0) is 0 Å². The Morgan fingerprint density at radius 3 is 2.83 bits per heavy atom. The van der Waals surface area contributed by atoms with Crippen molar-refractivity contribution < 1.29 is 13.5 Å². The van der Waals surface area contributed by atoms with Gasteiger partial charge >= 0.3 is 0 Å². The Bertz CT molecular complexity index is 338. The molecule has 0 amide bonds. The van der Waals surface area contributed by atoms with Gasteiger partial charge < -0.3 is 10.5 Å². The molecule has 0 aromatic heterocycles. The normalized spacial score (nSPS) is 14.2. The van der Waals surface area contributed by atoms with Gasteiger partial charge in [-0.1, -0.05) is 0 Å². The van der Waals surface area contributed by atoms with Crippen molar-refractivity contribution in [1.82, 2.24) is 0 Å². The molecule has 2 N–H and O–H groups in total. The average Bonchev–Trinajstić information content (AvgIpc) is 2.48. The fourth-order valence-corrected chi connectivity index (χ4v) is 1.32. The molecule has 0 atom stereocenters. The van der Waals surface area contributed by atoms with Gasteiger partial charge in [0.2, 0.25) is 0 Å². The number of anilines is 1. The molecular weight excluding hydrogens is 164 g/mol. The Hall–Kier alpha value is -1.32. The number of fused-ring (bicyclic) bond motifs is 1. The highest BCUT2D eigenvalue weighted by Crippen LogP contribution is 2.34. The first-order valence-electron chi connectivity index (χ1n) is 3.59. The highest BCUT2D eigenvalue weighted by Gasteiger charge is 2.22. The van der Waals surface area contributed by atoms with Crippen molar-refractivity contribution in [3.8, 4) is 5.75 Å². The quantitative estimate of drug-likeness (QED) is 0.600. The number of halogens is 2. The summed E-state index contributed by atoms with van der Waals surface area (Å²) in [5, 5.41) is 0. The third kappa shape index (κ3) is 0.841. The molecule has 0 aliphatic carbocycles. The molecule has 1 aliphatic heterocycles. The van der Waals surface area contributed by atoms with E-state index in [9.17, 15) is 8.78 Å². The predicted molar refractivity (Wildman–Crippen MR) is 40.0 cm³/mol. The van der Waals surface area contributed by atoms with E-state index >= 15 is 0 Å². The van der Waals surface area contributed by atoms with E-state index in [4.69, 9.17) is 10.5 Å². The van der Waals surface area contributed by atoms with Crippen molar-refractivity contribution in [1.29, 1.82) is 0 Å². The Labute approximate surface area is 67.9 Å². The highest BCUT2D eigenvalue weighted by atomic mass is 19.1. The Balaban J connectivity index is 2.69. The lowest BCUT2D eigenvalue weighted by atomic mass is 10.1. The minimum atomic E-state index is -0.711. The first kappa shape index (κ1) is 7.34. The topological polar surface area (TPSA) is 35.2 Å². The van der Waals surface area contributed by atoms with Gasteiger partial charge in [0.1, 0.15) is 5.82 Å². The maximum Gasteiger partial charge on any atom is 0.168 e. The van der Waals surface area contributed by atoms with E-state index < -0.39 is 11.6 Å². The van der Waals surface area contributed by atoms with Gasteiger partial charge in [0.05, 0.1) is 12.3 Å². The van der Waals surface area contributed by atoms with Crippen LogP contribution >= 0.6 is 0 Å². The molecule has 1 aromatic carbocycles. The lowest BCUT2D eigenvalue weighted by molar-refractivity contribution is 0.338. The summed E-state index contributed by atoms with van der Waals surface area (Å²) in [7, 11) is 0. The van der Waals surface area contributed by atoms with Gasteiger partial charge in [0, 0.05) is 18.1 Å². The van der Waals surface area contributed by atoms with Gasteiger partial charge in [-0.25, -0.2) is 8.78 Å². The monoisotopic (exact) mass is 171 g/mol. The number of hydrogen-bond acceptors (Lipinski definition) is 2. The standard InChI is InChI=1S/C8H7F2NO/c9-5-3-6(10)8-4(7(5)11)1-2-12-8/h3H,1-2,11H2. The lowest BCUT2D eigenvalue weighted by Crippen LogP contribution is -1.97. The van der Waals surface area contributed by atoms with Crippen LogP contribution in [-0.2, 0) is 6.42 Å². The Kier molecular flexibility index (Phi) is 1.43. The molecule has 1 aliphatic rings. The van der Waals surface area contributed by atoms with E-state index in [0.717, 1.165) is 6.07 Å². The Morgan fingerprint density at radius 1 is 1.33 bits per heavy atom. The number of benzene rings is 1. The summed E-state index contributed by atoms with van der Waals surface area (Å²) in [6.07, 6.45) is 0.482. The average molecular weight is 171 g/mol. The van der Waals surface area contributed by atoms with Crippen molar-refractivity contribution in [3.05, 3.63) is 23.3 Å². The molecule has 0 fully saturated rings. The molecule has 0 saturated carbocycles. The molecule has 4 heteroatoms. The number of nitrogen functional groups attached to an aromatic ring is 1. The van der Waals surface area contributed by atoms with Crippen LogP contribution in [0.2, 0.25) is 0 Å². The second kappa shape index (κ2) is 2.33. The summed E-state index contributed by atoms with van der Waals surface area (Å²) in [5.74, 6) is -1.28. The fourth-order valence-electron chi connectivity index (χ4n) is 1.32. The maximum absolute atomic E-state index is 12.9. The fraction of sp³-hybridized carbons (Fsp3) is 0.250. The van der Waals surface area contributed by atoms with Crippen molar-refractivity contribution in [3.63, 3.8) is 0 Å². The molecule has 0 spiro atoms. The summed E-state index contributed by atoms with van der Waals surface area (Å²) in [6.45, 7) is 0.375. The van der Waals surface area contributed by atoms with Crippen LogP contribution < -0.4 is 10.5 Å². The van der Waals surface area contributed by atoms with Crippen molar-refractivity contribution in [2.45, 2.75) is 6.42 Å². The molecule has 0 unspecified atom stereocenters. The van der Waals surface area contributed by atoms with E-state index in [0.29, 0.717) is 18.6 Å². The zero-order chi connectivity index (χ0) is 8.72. The number of hydrogen-bond donors (Lipinski definition) is 1. The van der Waals surface area contributed by atoms with Crippen LogP contribution in [0.1, 0.15) is 5.56 Å². The summed E-state index contributed by atoms with van der Waals surface area (Å²) < 4.78 is 30.7. The second-order valence-electron chi connectivity index (χ2n) is 2.66. The molecule has 0 saturated heterocycles. The minimum Gasteiger partial charge on any atom is -0.490 e. The number of ether oxygens (including phenoxy) is 1. The molecule has 12 heavy (non-hydrogen) atoms. The molecule has 1 aromatic rings. The summed E-state index contributed by atoms with van der Waals surface area (Å²) >= 11 is 0. The van der Waals surface area contributed by atoms with Crippen LogP contribution in [0.5, 0.6) is 5.75 Å². The minimum absolute atomic E-state index is 0.00361. The first-order valence-corrected chi connectivity index (χ1v) is 3.59. The summed E-state index contributed by atoms with van der Waals surface area (Å²) in [5.41, 5.74) is 5.84. The van der Waals surface area contributed by atoms with Crippen molar-refractivity contribution >= 4 is 5.69 Å². The molecular formula is C8H7F2NO. The van der Waals surface area contributed by atoms with Crippen LogP contribution in [0.25, 0.3) is 0 Å². The van der Waals surface area contributed by atoms with E-state index in [2.05, 4.69) is 0 Å². The highest BCUT2D eigenvalue weighted by molar-refractivity contribution is 5.57.